The van der Waals surface area contributed by atoms with Crippen LogP contribution in [-0.2, 0) is 10.0 Å². The lowest BCUT2D eigenvalue weighted by Gasteiger charge is -2.18. The first-order valence-corrected chi connectivity index (χ1v) is 8.85. The van der Waals surface area contributed by atoms with Gasteiger partial charge >= 0.3 is 0 Å². The molecule has 2 aromatic carbocycles. The standard InChI is InChI=1S/C16H17ClFNO3S/c1-3-15(11-4-7-13(22-2)8-5-11)19-23(20,21)16-9-6-12(17)10-14(16)18/h4-10,15,19H,3H2,1-2H3. The fourth-order valence-electron chi connectivity index (χ4n) is 2.17. The summed E-state index contributed by atoms with van der Waals surface area (Å²) in [6, 6.07) is 10.0. The van der Waals surface area contributed by atoms with E-state index < -0.39 is 26.8 Å². The molecule has 0 aromatic heterocycles. The number of rotatable bonds is 6. The molecule has 1 unspecified atom stereocenters. The smallest absolute Gasteiger partial charge is 0.244 e. The van der Waals surface area contributed by atoms with Crippen LogP contribution in [0.25, 0.3) is 0 Å². The average molecular weight is 358 g/mol. The number of hydrogen-bond donors (Lipinski definition) is 1. The van der Waals surface area contributed by atoms with Gasteiger partial charge < -0.3 is 4.74 Å². The van der Waals surface area contributed by atoms with Crippen molar-refractivity contribution >= 4 is 21.6 Å². The molecule has 0 amide bonds. The van der Waals surface area contributed by atoms with Crippen LogP contribution in [0.4, 0.5) is 4.39 Å². The molecule has 0 heterocycles. The molecule has 1 N–H and O–H groups in total. The van der Waals surface area contributed by atoms with Gasteiger partial charge in [0.2, 0.25) is 10.0 Å². The molecule has 2 aromatic rings. The van der Waals surface area contributed by atoms with Crippen molar-refractivity contribution in [1.29, 1.82) is 0 Å². The van der Waals surface area contributed by atoms with Crippen molar-refractivity contribution in [2.24, 2.45) is 0 Å². The Labute approximate surface area is 140 Å². The van der Waals surface area contributed by atoms with Gasteiger partial charge in [-0.1, -0.05) is 30.7 Å². The van der Waals surface area contributed by atoms with Gasteiger partial charge in [-0.2, -0.15) is 0 Å². The van der Waals surface area contributed by atoms with E-state index in [9.17, 15) is 12.8 Å². The zero-order valence-corrected chi connectivity index (χ0v) is 14.3. The summed E-state index contributed by atoms with van der Waals surface area (Å²) in [7, 11) is -2.44. The van der Waals surface area contributed by atoms with Gasteiger partial charge in [-0.25, -0.2) is 17.5 Å². The van der Waals surface area contributed by atoms with Gasteiger partial charge in [0.05, 0.1) is 7.11 Å². The van der Waals surface area contributed by atoms with E-state index >= 15 is 0 Å². The molecule has 4 nitrogen and oxygen atoms in total. The molecule has 0 saturated heterocycles. The summed E-state index contributed by atoms with van der Waals surface area (Å²) in [5.74, 6) is -0.204. The van der Waals surface area contributed by atoms with Crippen LogP contribution in [0.1, 0.15) is 24.9 Å². The first-order valence-electron chi connectivity index (χ1n) is 6.98. The van der Waals surface area contributed by atoms with Crippen molar-refractivity contribution in [2.45, 2.75) is 24.3 Å². The van der Waals surface area contributed by atoms with Gasteiger partial charge in [-0.3, -0.25) is 0 Å². The van der Waals surface area contributed by atoms with Gasteiger partial charge in [-0.15, -0.1) is 0 Å². The zero-order chi connectivity index (χ0) is 17.0. The second kappa shape index (κ2) is 7.29. The Bertz CT molecular complexity index is 778. The normalized spacial score (nSPS) is 12.9. The van der Waals surface area contributed by atoms with Crippen LogP contribution in [0.15, 0.2) is 47.4 Å². The van der Waals surface area contributed by atoms with Crippen molar-refractivity contribution in [3.63, 3.8) is 0 Å². The van der Waals surface area contributed by atoms with E-state index in [0.29, 0.717) is 12.2 Å². The molecule has 1 atom stereocenters. The molecule has 0 aliphatic rings. The molecule has 0 aliphatic carbocycles. The summed E-state index contributed by atoms with van der Waals surface area (Å²) in [6.45, 7) is 1.84. The summed E-state index contributed by atoms with van der Waals surface area (Å²) in [6.07, 6.45) is 0.515. The van der Waals surface area contributed by atoms with Crippen LogP contribution in [0.2, 0.25) is 5.02 Å². The Hall–Kier alpha value is -1.63. The van der Waals surface area contributed by atoms with E-state index in [4.69, 9.17) is 16.3 Å². The third kappa shape index (κ3) is 4.22. The molecule has 7 heteroatoms. The first kappa shape index (κ1) is 17.7. The fraction of sp³-hybridized carbons (Fsp3) is 0.250. The second-order valence-corrected chi connectivity index (χ2v) is 7.05. The van der Waals surface area contributed by atoms with Gasteiger partial charge in [-0.05, 0) is 42.3 Å². The monoisotopic (exact) mass is 357 g/mol. The third-order valence-electron chi connectivity index (χ3n) is 3.41. The Morgan fingerprint density at radius 2 is 1.87 bits per heavy atom. The lowest BCUT2D eigenvalue weighted by Crippen LogP contribution is -2.29. The maximum Gasteiger partial charge on any atom is 0.244 e. The van der Waals surface area contributed by atoms with Crippen LogP contribution in [-0.4, -0.2) is 15.5 Å². The predicted octanol–water partition coefficient (Wildman–Crippen LogP) is 3.92. The van der Waals surface area contributed by atoms with Gasteiger partial charge in [0.15, 0.2) is 0 Å². The topological polar surface area (TPSA) is 55.4 Å². The maximum atomic E-state index is 13.9. The molecule has 23 heavy (non-hydrogen) atoms. The fourth-order valence-corrected chi connectivity index (χ4v) is 3.69. The van der Waals surface area contributed by atoms with Crippen LogP contribution in [0.5, 0.6) is 5.75 Å². The minimum absolute atomic E-state index is 0.142. The highest BCUT2D eigenvalue weighted by Gasteiger charge is 2.23. The highest BCUT2D eigenvalue weighted by Crippen LogP contribution is 2.24. The molecular formula is C16H17ClFNO3S. The number of methoxy groups -OCH3 is 1. The Morgan fingerprint density at radius 3 is 2.39 bits per heavy atom. The minimum Gasteiger partial charge on any atom is -0.497 e. The Morgan fingerprint density at radius 1 is 1.22 bits per heavy atom. The lowest BCUT2D eigenvalue weighted by molar-refractivity contribution is 0.414. The number of sulfonamides is 1. The molecule has 2 rings (SSSR count). The van der Waals surface area contributed by atoms with Crippen molar-refractivity contribution in [1.82, 2.24) is 4.72 Å². The summed E-state index contributed by atoms with van der Waals surface area (Å²) in [5, 5.41) is 0.142. The van der Waals surface area contributed by atoms with E-state index in [1.54, 1.807) is 31.4 Å². The van der Waals surface area contributed by atoms with E-state index in [0.717, 1.165) is 17.7 Å². The number of ether oxygens (including phenoxy) is 1. The number of benzene rings is 2. The molecule has 0 radical (unpaired) electrons. The van der Waals surface area contributed by atoms with Gasteiger partial charge in [0.25, 0.3) is 0 Å². The second-order valence-electron chi connectivity index (χ2n) is 4.93. The summed E-state index contributed by atoms with van der Waals surface area (Å²) >= 11 is 5.66. The molecule has 0 spiro atoms. The van der Waals surface area contributed by atoms with E-state index in [1.807, 2.05) is 6.92 Å². The summed E-state index contributed by atoms with van der Waals surface area (Å²) in [5.41, 5.74) is 0.770. The van der Waals surface area contributed by atoms with Crippen molar-refractivity contribution in [2.75, 3.05) is 7.11 Å². The largest absolute Gasteiger partial charge is 0.497 e. The highest BCUT2D eigenvalue weighted by atomic mass is 35.5. The van der Waals surface area contributed by atoms with E-state index in [1.165, 1.54) is 6.07 Å². The predicted molar refractivity (Wildman–Crippen MR) is 87.8 cm³/mol. The van der Waals surface area contributed by atoms with Crippen LogP contribution in [0.3, 0.4) is 0 Å². The molecule has 0 aliphatic heterocycles. The molecular weight excluding hydrogens is 341 g/mol. The average Bonchev–Trinajstić information content (AvgIpc) is 2.52. The van der Waals surface area contributed by atoms with Gasteiger partial charge in [0.1, 0.15) is 16.5 Å². The van der Waals surface area contributed by atoms with Crippen LogP contribution >= 0.6 is 11.6 Å². The Balaban J connectivity index is 2.29. The number of halogens is 2. The van der Waals surface area contributed by atoms with Crippen LogP contribution < -0.4 is 9.46 Å². The van der Waals surface area contributed by atoms with E-state index in [-0.39, 0.29) is 5.02 Å². The lowest BCUT2D eigenvalue weighted by atomic mass is 10.1. The first-order chi connectivity index (χ1) is 10.9. The summed E-state index contributed by atoms with van der Waals surface area (Å²) in [4.78, 5) is -0.422. The third-order valence-corrected chi connectivity index (χ3v) is 5.15. The number of nitrogens with one attached hydrogen (secondary N) is 1. The zero-order valence-electron chi connectivity index (χ0n) is 12.7. The maximum absolute atomic E-state index is 13.9. The van der Waals surface area contributed by atoms with Gasteiger partial charge in [0, 0.05) is 11.1 Å². The Kier molecular flexibility index (Phi) is 5.62. The van der Waals surface area contributed by atoms with Crippen molar-refractivity contribution in [3.8, 4) is 5.75 Å². The highest BCUT2D eigenvalue weighted by molar-refractivity contribution is 7.89. The van der Waals surface area contributed by atoms with Crippen molar-refractivity contribution in [3.05, 3.63) is 58.9 Å². The quantitative estimate of drug-likeness (QED) is 0.852. The van der Waals surface area contributed by atoms with Crippen LogP contribution in [0, 0.1) is 5.82 Å². The molecule has 0 bridgehead atoms. The summed E-state index contributed by atoms with van der Waals surface area (Å²) < 4.78 is 46.3. The molecule has 124 valence electrons. The number of hydrogen-bond acceptors (Lipinski definition) is 3. The molecule has 0 fully saturated rings. The SMILES string of the molecule is CCC(NS(=O)(=O)c1ccc(Cl)cc1F)c1ccc(OC)cc1. The molecule has 0 saturated carbocycles. The van der Waals surface area contributed by atoms with Crippen molar-refractivity contribution < 1.29 is 17.5 Å². The van der Waals surface area contributed by atoms with E-state index in [2.05, 4.69) is 4.72 Å². The minimum atomic E-state index is -4.00.